The maximum atomic E-state index is 12.4. The third-order valence-electron chi connectivity index (χ3n) is 4.28. The lowest BCUT2D eigenvalue weighted by atomic mass is 9.95. The first kappa shape index (κ1) is 15.3. The number of benzene rings is 1. The Kier molecular flexibility index (Phi) is 4.46. The Labute approximate surface area is 135 Å². The number of nitrogens with one attached hydrogen (secondary N) is 1. The van der Waals surface area contributed by atoms with E-state index in [1.54, 1.807) is 17.9 Å². The zero-order chi connectivity index (χ0) is 16.2. The molecule has 2 heterocycles. The van der Waals surface area contributed by atoms with E-state index in [4.69, 9.17) is 4.42 Å². The van der Waals surface area contributed by atoms with Crippen LogP contribution in [0.1, 0.15) is 29.0 Å². The first-order chi connectivity index (χ1) is 11.1. The van der Waals surface area contributed by atoms with Crippen molar-refractivity contribution < 1.29 is 14.0 Å². The SMILES string of the molecule is Cc1occc1C(=O)N1CCC(C(=O)Nc2ccccc2)CC1. The van der Waals surface area contributed by atoms with Crippen LogP contribution in [0.5, 0.6) is 0 Å². The summed E-state index contributed by atoms with van der Waals surface area (Å²) in [5.74, 6) is 0.601. The summed E-state index contributed by atoms with van der Waals surface area (Å²) in [4.78, 5) is 26.5. The van der Waals surface area contributed by atoms with Crippen LogP contribution in [-0.4, -0.2) is 29.8 Å². The molecule has 5 heteroatoms. The van der Waals surface area contributed by atoms with Gasteiger partial charge in [-0.3, -0.25) is 9.59 Å². The molecule has 1 aliphatic rings. The molecule has 120 valence electrons. The average molecular weight is 312 g/mol. The molecule has 1 N–H and O–H groups in total. The van der Waals surface area contributed by atoms with E-state index in [0.717, 1.165) is 5.69 Å². The Morgan fingerprint density at radius 2 is 1.83 bits per heavy atom. The predicted octanol–water partition coefficient (Wildman–Crippen LogP) is 3.08. The summed E-state index contributed by atoms with van der Waals surface area (Å²) in [6.07, 6.45) is 2.89. The Hall–Kier alpha value is -2.56. The summed E-state index contributed by atoms with van der Waals surface area (Å²) in [5.41, 5.74) is 1.42. The van der Waals surface area contributed by atoms with Crippen molar-refractivity contribution in [1.82, 2.24) is 4.90 Å². The Morgan fingerprint density at radius 3 is 2.43 bits per heavy atom. The van der Waals surface area contributed by atoms with Gasteiger partial charge >= 0.3 is 0 Å². The molecule has 3 rings (SSSR count). The Bertz CT molecular complexity index is 685. The van der Waals surface area contributed by atoms with Gasteiger partial charge in [0.15, 0.2) is 0 Å². The van der Waals surface area contributed by atoms with Gasteiger partial charge in [0, 0.05) is 24.7 Å². The number of carbonyl (C=O) groups excluding carboxylic acids is 2. The lowest BCUT2D eigenvalue weighted by Gasteiger charge is -2.31. The van der Waals surface area contributed by atoms with E-state index in [9.17, 15) is 9.59 Å². The van der Waals surface area contributed by atoms with E-state index >= 15 is 0 Å². The zero-order valence-electron chi connectivity index (χ0n) is 13.1. The first-order valence-electron chi connectivity index (χ1n) is 7.84. The number of para-hydroxylation sites is 1. The minimum Gasteiger partial charge on any atom is -0.469 e. The molecule has 2 aromatic rings. The monoisotopic (exact) mass is 312 g/mol. The number of amides is 2. The van der Waals surface area contributed by atoms with Gasteiger partial charge in [-0.2, -0.15) is 0 Å². The van der Waals surface area contributed by atoms with E-state index in [-0.39, 0.29) is 17.7 Å². The van der Waals surface area contributed by atoms with Gasteiger partial charge in [0.2, 0.25) is 5.91 Å². The van der Waals surface area contributed by atoms with Crippen LogP contribution in [0.2, 0.25) is 0 Å². The lowest BCUT2D eigenvalue weighted by Crippen LogP contribution is -2.41. The normalized spacial score (nSPS) is 15.4. The fraction of sp³-hybridized carbons (Fsp3) is 0.333. The first-order valence-corrected chi connectivity index (χ1v) is 7.84. The highest BCUT2D eigenvalue weighted by Gasteiger charge is 2.28. The van der Waals surface area contributed by atoms with Crippen molar-refractivity contribution in [3.05, 3.63) is 54.0 Å². The van der Waals surface area contributed by atoms with Crippen molar-refractivity contribution in [2.75, 3.05) is 18.4 Å². The standard InChI is InChI=1S/C18H20N2O3/c1-13-16(9-12-23-13)18(22)20-10-7-14(8-11-20)17(21)19-15-5-3-2-4-6-15/h2-6,9,12,14H,7-8,10-11H2,1H3,(H,19,21). The van der Waals surface area contributed by atoms with Crippen LogP contribution in [0.15, 0.2) is 47.1 Å². The summed E-state index contributed by atoms with van der Waals surface area (Å²) >= 11 is 0. The molecule has 0 saturated carbocycles. The number of rotatable bonds is 3. The van der Waals surface area contributed by atoms with Crippen molar-refractivity contribution in [3.63, 3.8) is 0 Å². The topological polar surface area (TPSA) is 62.6 Å². The van der Waals surface area contributed by atoms with Crippen molar-refractivity contribution in [1.29, 1.82) is 0 Å². The van der Waals surface area contributed by atoms with Gasteiger partial charge in [0.05, 0.1) is 11.8 Å². The molecule has 5 nitrogen and oxygen atoms in total. The maximum Gasteiger partial charge on any atom is 0.257 e. The summed E-state index contributed by atoms with van der Waals surface area (Å²) < 4.78 is 5.19. The summed E-state index contributed by atoms with van der Waals surface area (Å²) in [5, 5.41) is 2.93. The average Bonchev–Trinajstić information content (AvgIpc) is 3.01. The van der Waals surface area contributed by atoms with Crippen molar-refractivity contribution in [3.8, 4) is 0 Å². The van der Waals surface area contributed by atoms with Crippen LogP contribution < -0.4 is 5.32 Å². The van der Waals surface area contributed by atoms with Gasteiger partial charge in [0.1, 0.15) is 5.76 Å². The fourth-order valence-electron chi connectivity index (χ4n) is 2.89. The zero-order valence-corrected chi connectivity index (χ0v) is 13.1. The molecular formula is C18H20N2O3. The highest BCUT2D eigenvalue weighted by molar-refractivity contribution is 5.96. The van der Waals surface area contributed by atoms with Crippen molar-refractivity contribution in [2.24, 2.45) is 5.92 Å². The third kappa shape index (κ3) is 3.44. The minimum absolute atomic E-state index is 0.0156. The number of carbonyl (C=O) groups is 2. The number of nitrogens with zero attached hydrogens (tertiary/aromatic N) is 1. The summed E-state index contributed by atoms with van der Waals surface area (Å²) in [6.45, 7) is 2.97. The minimum atomic E-state index is -0.0512. The molecule has 1 aromatic carbocycles. The second-order valence-electron chi connectivity index (χ2n) is 5.81. The number of hydrogen-bond donors (Lipinski definition) is 1. The molecule has 0 atom stereocenters. The highest BCUT2D eigenvalue weighted by Crippen LogP contribution is 2.22. The quantitative estimate of drug-likeness (QED) is 0.947. The second-order valence-corrected chi connectivity index (χ2v) is 5.81. The number of anilines is 1. The molecule has 1 fully saturated rings. The van der Waals surface area contributed by atoms with Gasteiger partial charge in [-0.1, -0.05) is 18.2 Å². The van der Waals surface area contributed by atoms with E-state index in [1.165, 1.54) is 6.26 Å². The smallest absolute Gasteiger partial charge is 0.257 e. The fourth-order valence-corrected chi connectivity index (χ4v) is 2.89. The molecular weight excluding hydrogens is 292 g/mol. The molecule has 1 aliphatic heterocycles. The third-order valence-corrected chi connectivity index (χ3v) is 4.28. The van der Waals surface area contributed by atoms with E-state index < -0.39 is 0 Å². The number of piperidine rings is 1. The second kappa shape index (κ2) is 6.69. The van der Waals surface area contributed by atoms with Gasteiger partial charge in [0.25, 0.3) is 5.91 Å². The Morgan fingerprint density at radius 1 is 1.13 bits per heavy atom. The van der Waals surface area contributed by atoms with Gasteiger partial charge in [-0.15, -0.1) is 0 Å². The lowest BCUT2D eigenvalue weighted by molar-refractivity contribution is -0.121. The summed E-state index contributed by atoms with van der Waals surface area (Å²) in [7, 11) is 0. The molecule has 0 aliphatic carbocycles. The number of hydrogen-bond acceptors (Lipinski definition) is 3. The molecule has 1 aromatic heterocycles. The molecule has 1 saturated heterocycles. The number of likely N-dealkylation sites (tertiary alicyclic amines) is 1. The van der Waals surface area contributed by atoms with Crippen LogP contribution in [0, 0.1) is 12.8 Å². The van der Waals surface area contributed by atoms with Crippen molar-refractivity contribution >= 4 is 17.5 Å². The van der Waals surface area contributed by atoms with Crippen LogP contribution >= 0.6 is 0 Å². The predicted molar refractivity (Wildman–Crippen MR) is 87.1 cm³/mol. The van der Waals surface area contributed by atoms with Crippen LogP contribution in [0.25, 0.3) is 0 Å². The number of furan rings is 1. The van der Waals surface area contributed by atoms with Crippen LogP contribution in [-0.2, 0) is 4.79 Å². The summed E-state index contributed by atoms with van der Waals surface area (Å²) in [6, 6.07) is 11.1. The molecule has 0 unspecified atom stereocenters. The van der Waals surface area contributed by atoms with Gasteiger partial charge in [-0.05, 0) is 38.0 Å². The molecule has 23 heavy (non-hydrogen) atoms. The molecule has 0 bridgehead atoms. The van der Waals surface area contributed by atoms with Crippen LogP contribution in [0.4, 0.5) is 5.69 Å². The largest absolute Gasteiger partial charge is 0.469 e. The van der Waals surface area contributed by atoms with E-state index in [0.29, 0.717) is 37.3 Å². The van der Waals surface area contributed by atoms with E-state index in [1.807, 2.05) is 30.3 Å². The molecule has 2 amide bonds. The molecule has 0 radical (unpaired) electrons. The highest BCUT2D eigenvalue weighted by atomic mass is 16.3. The van der Waals surface area contributed by atoms with Gasteiger partial charge in [-0.25, -0.2) is 0 Å². The number of aryl methyl sites for hydroxylation is 1. The molecule has 0 spiro atoms. The van der Waals surface area contributed by atoms with Gasteiger partial charge < -0.3 is 14.6 Å². The van der Waals surface area contributed by atoms with E-state index in [2.05, 4.69) is 5.32 Å². The van der Waals surface area contributed by atoms with Crippen molar-refractivity contribution in [2.45, 2.75) is 19.8 Å². The Balaban J connectivity index is 1.55. The van der Waals surface area contributed by atoms with Crippen LogP contribution in [0.3, 0.4) is 0 Å². The maximum absolute atomic E-state index is 12.4.